The Morgan fingerprint density at radius 1 is 1.28 bits per heavy atom. The number of nitrogens with one attached hydrogen (secondary N) is 1. The van der Waals surface area contributed by atoms with E-state index >= 15 is 0 Å². The Labute approximate surface area is 104 Å². The van der Waals surface area contributed by atoms with Crippen molar-refractivity contribution in [1.29, 1.82) is 0 Å². The number of rotatable bonds is 9. The minimum Gasteiger partial charge on any atom is -0.389 e. The molecule has 0 aromatic rings. The van der Waals surface area contributed by atoms with Crippen molar-refractivity contribution in [2.45, 2.75) is 37.6 Å². The van der Waals surface area contributed by atoms with Gasteiger partial charge < -0.3 is 19.9 Å². The zero-order valence-corrected chi connectivity index (χ0v) is 10.4. The normalized spacial score (nSPS) is 19.8. The van der Waals surface area contributed by atoms with Crippen molar-refractivity contribution in [3.05, 3.63) is 0 Å². The summed E-state index contributed by atoms with van der Waals surface area (Å²) in [6.07, 6.45) is -5.03. The van der Waals surface area contributed by atoms with Crippen LogP contribution in [0, 0.1) is 0 Å². The fourth-order valence-electron chi connectivity index (χ4n) is 1.54. The van der Waals surface area contributed by atoms with Crippen molar-refractivity contribution >= 4 is 0 Å². The lowest BCUT2D eigenvalue weighted by atomic mass is 10.2. The lowest BCUT2D eigenvalue weighted by molar-refractivity contribution is -0.167. The summed E-state index contributed by atoms with van der Waals surface area (Å²) in [6.45, 7) is 3.08. The molecule has 2 N–H and O–H groups in total. The van der Waals surface area contributed by atoms with Crippen LogP contribution >= 0.6 is 0 Å². The van der Waals surface area contributed by atoms with Crippen molar-refractivity contribution in [1.82, 2.24) is 5.32 Å². The SMILES string of the molecule is CCOCCOCC(O)CNC1(C(F)(F)F)CC1. The number of halogens is 3. The minimum absolute atomic E-state index is 0.00795. The summed E-state index contributed by atoms with van der Waals surface area (Å²) >= 11 is 0. The third-order valence-electron chi connectivity index (χ3n) is 2.86. The molecule has 0 bridgehead atoms. The van der Waals surface area contributed by atoms with Crippen LogP contribution in [0.5, 0.6) is 0 Å². The Kier molecular flexibility index (Phi) is 5.84. The quantitative estimate of drug-likeness (QED) is 0.616. The van der Waals surface area contributed by atoms with Gasteiger partial charge in [0.25, 0.3) is 0 Å². The van der Waals surface area contributed by atoms with Crippen LogP contribution in [0.15, 0.2) is 0 Å². The zero-order chi connectivity index (χ0) is 13.6. The van der Waals surface area contributed by atoms with Crippen molar-refractivity contribution in [2.24, 2.45) is 0 Å². The minimum atomic E-state index is -4.25. The highest BCUT2D eigenvalue weighted by molar-refractivity contribution is 5.08. The average Bonchev–Trinajstić information content (AvgIpc) is 3.06. The van der Waals surface area contributed by atoms with Gasteiger partial charge in [0.05, 0.1) is 25.9 Å². The van der Waals surface area contributed by atoms with E-state index in [1.807, 2.05) is 6.92 Å². The molecule has 1 fully saturated rings. The molecule has 7 heteroatoms. The third-order valence-corrected chi connectivity index (χ3v) is 2.86. The van der Waals surface area contributed by atoms with Crippen LogP contribution in [-0.4, -0.2) is 55.9 Å². The van der Waals surface area contributed by atoms with E-state index in [0.717, 1.165) is 0 Å². The molecule has 0 saturated heterocycles. The highest BCUT2D eigenvalue weighted by Gasteiger charge is 2.63. The molecule has 0 aromatic heterocycles. The molecule has 4 nitrogen and oxygen atoms in total. The Morgan fingerprint density at radius 3 is 2.39 bits per heavy atom. The first-order valence-electron chi connectivity index (χ1n) is 6.06. The molecule has 1 atom stereocenters. The second-order valence-corrected chi connectivity index (χ2v) is 4.39. The third kappa shape index (κ3) is 4.72. The van der Waals surface area contributed by atoms with Crippen molar-refractivity contribution in [3.63, 3.8) is 0 Å². The van der Waals surface area contributed by atoms with Crippen LogP contribution in [0.1, 0.15) is 19.8 Å². The number of hydrogen-bond acceptors (Lipinski definition) is 4. The molecule has 18 heavy (non-hydrogen) atoms. The van der Waals surface area contributed by atoms with Crippen LogP contribution in [0.3, 0.4) is 0 Å². The number of β-amino-alcohol motifs (C(OH)–C–C–N with tert-alkyl or cyclic N) is 1. The molecule has 1 saturated carbocycles. The van der Waals surface area contributed by atoms with E-state index in [2.05, 4.69) is 5.32 Å². The van der Waals surface area contributed by atoms with Crippen LogP contribution in [-0.2, 0) is 9.47 Å². The standard InChI is InChI=1S/C11H20F3NO3/c1-2-17-5-6-18-8-9(16)7-15-10(3-4-10)11(12,13)14/h9,15-16H,2-8H2,1H3. The Morgan fingerprint density at radius 2 is 1.89 bits per heavy atom. The molecule has 0 aromatic carbocycles. The first kappa shape index (κ1) is 15.7. The van der Waals surface area contributed by atoms with Gasteiger partial charge in [-0.3, -0.25) is 0 Å². The summed E-state index contributed by atoms with van der Waals surface area (Å²) in [7, 11) is 0. The van der Waals surface area contributed by atoms with Gasteiger partial charge in [0.2, 0.25) is 0 Å². The second-order valence-electron chi connectivity index (χ2n) is 4.39. The lowest BCUT2D eigenvalue weighted by Gasteiger charge is -2.22. The average molecular weight is 271 g/mol. The molecule has 1 unspecified atom stereocenters. The van der Waals surface area contributed by atoms with Gasteiger partial charge >= 0.3 is 6.18 Å². The summed E-state index contributed by atoms with van der Waals surface area (Å²) < 4.78 is 47.7. The van der Waals surface area contributed by atoms with Gasteiger partial charge in [-0.25, -0.2) is 0 Å². The summed E-state index contributed by atoms with van der Waals surface area (Å²) in [5, 5.41) is 11.8. The molecule has 0 spiro atoms. The fraction of sp³-hybridized carbons (Fsp3) is 1.00. The Balaban J connectivity index is 2.09. The van der Waals surface area contributed by atoms with E-state index in [4.69, 9.17) is 9.47 Å². The number of alkyl halides is 3. The molecular weight excluding hydrogens is 251 g/mol. The molecule has 0 heterocycles. The van der Waals surface area contributed by atoms with Gasteiger partial charge in [-0.05, 0) is 19.8 Å². The predicted molar refractivity (Wildman–Crippen MR) is 59.3 cm³/mol. The van der Waals surface area contributed by atoms with E-state index in [1.165, 1.54) is 0 Å². The van der Waals surface area contributed by atoms with Gasteiger partial charge in [-0.1, -0.05) is 0 Å². The van der Waals surface area contributed by atoms with E-state index in [9.17, 15) is 18.3 Å². The summed E-state index contributed by atoms with van der Waals surface area (Å²) in [5.74, 6) is 0. The lowest BCUT2D eigenvalue weighted by Crippen LogP contribution is -2.48. The maximum atomic E-state index is 12.5. The zero-order valence-electron chi connectivity index (χ0n) is 10.4. The maximum absolute atomic E-state index is 12.5. The van der Waals surface area contributed by atoms with Crippen molar-refractivity contribution in [3.8, 4) is 0 Å². The Hall–Kier alpha value is -0.370. The largest absolute Gasteiger partial charge is 0.406 e. The highest BCUT2D eigenvalue weighted by Crippen LogP contribution is 2.48. The molecule has 1 aliphatic rings. The number of aliphatic hydroxyl groups excluding tert-OH is 1. The number of ether oxygens (including phenoxy) is 2. The molecule has 1 aliphatic carbocycles. The highest BCUT2D eigenvalue weighted by atomic mass is 19.4. The van der Waals surface area contributed by atoms with Gasteiger partial charge in [-0.2, -0.15) is 13.2 Å². The monoisotopic (exact) mass is 271 g/mol. The van der Waals surface area contributed by atoms with Crippen LogP contribution in [0.2, 0.25) is 0 Å². The molecule has 0 amide bonds. The smallest absolute Gasteiger partial charge is 0.389 e. The van der Waals surface area contributed by atoms with Crippen LogP contribution in [0.4, 0.5) is 13.2 Å². The van der Waals surface area contributed by atoms with Crippen molar-refractivity contribution < 1.29 is 27.8 Å². The van der Waals surface area contributed by atoms with Gasteiger partial charge in [-0.15, -0.1) is 0 Å². The molecule has 0 aliphatic heterocycles. The van der Waals surface area contributed by atoms with Gasteiger partial charge in [0.15, 0.2) is 0 Å². The molecule has 108 valence electrons. The number of aliphatic hydroxyl groups is 1. The predicted octanol–water partition coefficient (Wildman–Crippen LogP) is 1.08. The molecule has 1 rings (SSSR count). The first-order valence-corrected chi connectivity index (χ1v) is 6.06. The summed E-state index contributed by atoms with van der Waals surface area (Å²) in [6, 6.07) is 0. The molecule has 0 radical (unpaired) electrons. The number of hydrogen-bond donors (Lipinski definition) is 2. The van der Waals surface area contributed by atoms with E-state index < -0.39 is 17.8 Å². The fourth-order valence-corrected chi connectivity index (χ4v) is 1.54. The summed E-state index contributed by atoms with van der Waals surface area (Å²) in [4.78, 5) is 0. The summed E-state index contributed by atoms with van der Waals surface area (Å²) in [5.41, 5.74) is -1.78. The van der Waals surface area contributed by atoms with E-state index in [-0.39, 0.29) is 26.0 Å². The second kappa shape index (κ2) is 6.70. The van der Waals surface area contributed by atoms with Crippen LogP contribution < -0.4 is 5.32 Å². The van der Waals surface area contributed by atoms with Crippen LogP contribution in [0.25, 0.3) is 0 Å². The van der Waals surface area contributed by atoms with E-state index in [1.54, 1.807) is 0 Å². The van der Waals surface area contributed by atoms with E-state index in [0.29, 0.717) is 19.8 Å². The maximum Gasteiger partial charge on any atom is 0.406 e. The topological polar surface area (TPSA) is 50.7 Å². The van der Waals surface area contributed by atoms with Crippen molar-refractivity contribution in [2.75, 3.05) is 33.0 Å². The van der Waals surface area contributed by atoms with Gasteiger partial charge in [0, 0.05) is 13.2 Å². The first-order chi connectivity index (χ1) is 8.41. The van der Waals surface area contributed by atoms with Gasteiger partial charge in [0.1, 0.15) is 5.54 Å². The Bertz CT molecular complexity index is 244. The molecular formula is C11H20F3NO3.